The Morgan fingerprint density at radius 2 is 0.923 bits per heavy atom. The lowest BCUT2D eigenvalue weighted by molar-refractivity contribution is 1.14. The first kappa shape index (κ1) is 29.3. The molecule has 52 heavy (non-hydrogen) atoms. The Morgan fingerprint density at radius 3 is 1.60 bits per heavy atom. The van der Waals surface area contributed by atoms with E-state index < -0.39 is 0 Å². The van der Waals surface area contributed by atoms with Crippen molar-refractivity contribution in [3.63, 3.8) is 0 Å². The molecule has 0 spiro atoms. The third kappa shape index (κ3) is 4.35. The first-order valence-electron chi connectivity index (χ1n) is 17.6. The summed E-state index contributed by atoms with van der Waals surface area (Å²) in [5.41, 5.74) is 7.98. The predicted octanol–water partition coefficient (Wildman–Crippen LogP) is 13.9. The van der Waals surface area contributed by atoms with Gasteiger partial charge in [-0.3, -0.25) is 4.57 Å². The maximum Gasteiger partial charge on any atom is 0.145 e. The zero-order valence-corrected chi connectivity index (χ0v) is 28.8. The summed E-state index contributed by atoms with van der Waals surface area (Å²) in [6, 6.07) is 61.7. The quantitative estimate of drug-likeness (QED) is 0.170. The van der Waals surface area contributed by atoms with Crippen LogP contribution in [0.25, 0.3) is 104 Å². The molecule has 2 nitrogen and oxygen atoms in total. The molecule has 0 aliphatic heterocycles. The van der Waals surface area contributed by atoms with Crippen molar-refractivity contribution in [2.24, 2.45) is 0 Å². The minimum absolute atomic E-state index is 0.736. The monoisotopic (exact) mass is 680 g/mol. The average molecular weight is 681 g/mol. The van der Waals surface area contributed by atoms with Gasteiger partial charge in [0.1, 0.15) is 5.65 Å². The largest absolute Gasteiger partial charge is 0.294 e. The number of nitrogens with zero attached hydrogens (tertiary/aromatic N) is 2. The number of hydrogen-bond acceptors (Lipinski definition) is 1. The van der Waals surface area contributed by atoms with Crippen LogP contribution in [0.2, 0.25) is 5.02 Å². The van der Waals surface area contributed by atoms with E-state index in [1.165, 1.54) is 76.1 Å². The molecule has 2 heterocycles. The van der Waals surface area contributed by atoms with Crippen molar-refractivity contribution in [3.8, 4) is 27.9 Å². The molecule has 3 heteroatoms. The van der Waals surface area contributed by atoms with Gasteiger partial charge in [-0.15, -0.1) is 0 Å². The molecule has 0 saturated carbocycles. The number of fused-ring (bicyclic) bond motifs is 8. The molecule has 0 saturated heterocycles. The van der Waals surface area contributed by atoms with Crippen LogP contribution in [0, 0.1) is 0 Å². The van der Waals surface area contributed by atoms with Crippen LogP contribution in [-0.2, 0) is 0 Å². The lowest BCUT2D eigenvalue weighted by Crippen LogP contribution is -1.95. The lowest BCUT2D eigenvalue weighted by atomic mass is 9.85. The number of halogens is 1. The lowest BCUT2D eigenvalue weighted by Gasteiger charge is -2.18. The molecule has 242 valence electrons. The Bertz CT molecular complexity index is 3210. The van der Waals surface area contributed by atoms with Gasteiger partial charge in [-0.05, 0) is 137 Å². The summed E-state index contributed by atoms with van der Waals surface area (Å²) in [6.07, 6.45) is 1.85. The van der Waals surface area contributed by atoms with Crippen molar-refractivity contribution in [1.29, 1.82) is 0 Å². The third-order valence-electron chi connectivity index (χ3n) is 10.8. The minimum Gasteiger partial charge on any atom is -0.294 e. The first-order valence-corrected chi connectivity index (χ1v) is 18.0. The predicted molar refractivity (Wildman–Crippen MR) is 222 cm³/mol. The van der Waals surface area contributed by atoms with Crippen LogP contribution in [0.1, 0.15) is 0 Å². The molecule has 0 amide bonds. The normalized spacial score (nSPS) is 11.9. The Kier molecular flexibility index (Phi) is 6.34. The number of pyridine rings is 1. The number of benzene rings is 9. The molecular weight excluding hydrogens is 652 g/mol. The minimum atomic E-state index is 0.736. The molecule has 11 rings (SSSR count). The number of hydrogen-bond donors (Lipinski definition) is 0. The molecule has 9 aromatic carbocycles. The second kappa shape index (κ2) is 11.3. The van der Waals surface area contributed by atoms with Crippen LogP contribution in [0.4, 0.5) is 0 Å². The highest BCUT2D eigenvalue weighted by Gasteiger charge is 2.19. The molecule has 0 unspecified atom stereocenters. The summed E-state index contributed by atoms with van der Waals surface area (Å²) in [5.74, 6) is 0. The van der Waals surface area contributed by atoms with Gasteiger partial charge in [0.15, 0.2) is 0 Å². The molecule has 11 aromatic rings. The fourth-order valence-corrected chi connectivity index (χ4v) is 8.76. The molecule has 2 aromatic heterocycles. The fraction of sp³-hybridized carbons (Fsp3) is 0. The standard InChI is InChI=1S/C49H29ClN2/c50-44-16-7-17-45-48(44)43-15-8-24-51-49(43)52(45)38-23-22-32-26-35(21-19-34(32)29-38)46-39-11-3-5-13-41(39)47(42-14-6-4-12-40(42)46)36-20-18-33-25-30-9-1-2-10-31(30)27-37(33)28-36/h1-29H. The van der Waals surface area contributed by atoms with E-state index >= 15 is 0 Å². The number of rotatable bonds is 3. The zero-order chi connectivity index (χ0) is 34.3. The molecule has 0 N–H and O–H groups in total. The third-order valence-corrected chi connectivity index (χ3v) is 11.1. The fourth-order valence-electron chi connectivity index (χ4n) is 8.49. The smallest absolute Gasteiger partial charge is 0.145 e. The van der Waals surface area contributed by atoms with Crippen molar-refractivity contribution in [1.82, 2.24) is 9.55 Å². The summed E-state index contributed by atoms with van der Waals surface area (Å²) >= 11 is 6.74. The van der Waals surface area contributed by atoms with Gasteiger partial charge in [-0.25, -0.2) is 4.98 Å². The first-order chi connectivity index (χ1) is 25.7. The summed E-state index contributed by atoms with van der Waals surface area (Å²) in [6.45, 7) is 0. The second-order valence-corrected chi connectivity index (χ2v) is 14.1. The second-order valence-electron chi connectivity index (χ2n) is 13.7. The molecule has 0 fully saturated rings. The Hall–Kier alpha value is -6.48. The van der Waals surface area contributed by atoms with E-state index in [1.54, 1.807) is 0 Å². The summed E-state index contributed by atoms with van der Waals surface area (Å²) < 4.78 is 2.22. The topological polar surface area (TPSA) is 17.8 Å². The van der Waals surface area contributed by atoms with Gasteiger partial charge in [-0.2, -0.15) is 0 Å². The van der Waals surface area contributed by atoms with Gasteiger partial charge in [0, 0.05) is 22.7 Å². The van der Waals surface area contributed by atoms with Crippen molar-refractivity contribution >= 4 is 87.4 Å². The molecule has 0 atom stereocenters. The van der Waals surface area contributed by atoms with E-state index in [4.69, 9.17) is 16.6 Å². The maximum absolute atomic E-state index is 6.74. The van der Waals surface area contributed by atoms with Crippen molar-refractivity contribution in [2.75, 3.05) is 0 Å². The zero-order valence-electron chi connectivity index (χ0n) is 28.0. The van der Waals surface area contributed by atoms with Crippen molar-refractivity contribution in [3.05, 3.63) is 181 Å². The molecule has 0 bridgehead atoms. The van der Waals surface area contributed by atoms with Gasteiger partial charge in [0.25, 0.3) is 0 Å². The summed E-state index contributed by atoms with van der Waals surface area (Å²) in [5, 5.41) is 15.2. The van der Waals surface area contributed by atoms with E-state index in [0.29, 0.717) is 0 Å². The van der Waals surface area contributed by atoms with E-state index in [-0.39, 0.29) is 0 Å². The summed E-state index contributed by atoms with van der Waals surface area (Å²) in [7, 11) is 0. The average Bonchev–Trinajstić information content (AvgIpc) is 3.54. The van der Waals surface area contributed by atoms with E-state index in [0.717, 1.165) is 32.6 Å². The molecular formula is C49H29ClN2. The highest BCUT2D eigenvalue weighted by atomic mass is 35.5. The summed E-state index contributed by atoms with van der Waals surface area (Å²) in [4.78, 5) is 4.79. The highest BCUT2D eigenvalue weighted by molar-refractivity contribution is 6.38. The highest BCUT2D eigenvalue weighted by Crippen LogP contribution is 2.45. The maximum atomic E-state index is 6.74. The Balaban J connectivity index is 1.10. The van der Waals surface area contributed by atoms with Crippen LogP contribution in [0.15, 0.2) is 176 Å². The number of aromatic nitrogens is 2. The Morgan fingerprint density at radius 1 is 0.404 bits per heavy atom. The van der Waals surface area contributed by atoms with Gasteiger partial charge in [0.2, 0.25) is 0 Å². The van der Waals surface area contributed by atoms with Crippen molar-refractivity contribution in [2.45, 2.75) is 0 Å². The van der Waals surface area contributed by atoms with E-state index in [9.17, 15) is 0 Å². The molecule has 0 aliphatic carbocycles. The molecule has 0 radical (unpaired) electrons. The molecule has 0 aliphatic rings. The van der Waals surface area contributed by atoms with Crippen LogP contribution in [0.5, 0.6) is 0 Å². The van der Waals surface area contributed by atoms with Gasteiger partial charge in [-0.1, -0.05) is 121 Å². The van der Waals surface area contributed by atoms with Crippen molar-refractivity contribution < 1.29 is 0 Å². The Labute approximate surface area is 304 Å². The van der Waals surface area contributed by atoms with Gasteiger partial charge >= 0.3 is 0 Å². The van der Waals surface area contributed by atoms with E-state index in [1.807, 2.05) is 24.4 Å². The van der Waals surface area contributed by atoms with Crippen LogP contribution < -0.4 is 0 Å². The van der Waals surface area contributed by atoms with E-state index in [2.05, 4.69) is 156 Å². The van der Waals surface area contributed by atoms with Crippen LogP contribution in [-0.4, -0.2) is 9.55 Å². The van der Waals surface area contributed by atoms with Crippen LogP contribution in [0.3, 0.4) is 0 Å². The van der Waals surface area contributed by atoms with Gasteiger partial charge in [0.05, 0.1) is 10.5 Å². The van der Waals surface area contributed by atoms with Crippen LogP contribution >= 0.6 is 11.6 Å². The van der Waals surface area contributed by atoms with Gasteiger partial charge < -0.3 is 0 Å². The SMILES string of the molecule is Clc1cccc2c1c1cccnc1n2-c1ccc2cc(-c3c4ccccc4c(-c4ccc5cc6ccccc6cc5c4)c4ccccc34)ccc2c1.